The van der Waals surface area contributed by atoms with E-state index in [1.807, 2.05) is 0 Å². The average Bonchev–Trinajstić information content (AvgIpc) is 3.20. The number of aliphatic hydroxyl groups is 1. The lowest BCUT2D eigenvalue weighted by Gasteiger charge is -2.30. The van der Waals surface area contributed by atoms with Crippen LogP contribution in [0.15, 0.2) is 35.8 Å². The summed E-state index contributed by atoms with van der Waals surface area (Å²) in [6, 6.07) is 9.01. The summed E-state index contributed by atoms with van der Waals surface area (Å²) in [6.45, 7) is 4.30. The summed E-state index contributed by atoms with van der Waals surface area (Å²) in [7, 11) is 0. The van der Waals surface area contributed by atoms with Crippen molar-refractivity contribution in [1.29, 1.82) is 0 Å². The normalized spacial score (nSPS) is 25.5. The second kappa shape index (κ2) is 6.34. The largest absolute Gasteiger partial charge is 0.396 e. The number of aromatic nitrogens is 1. The van der Waals surface area contributed by atoms with Gasteiger partial charge in [0.05, 0.1) is 6.54 Å². The molecule has 0 aromatic carbocycles. The molecule has 1 aliphatic rings. The summed E-state index contributed by atoms with van der Waals surface area (Å²) in [5.74, 6) is 0. The van der Waals surface area contributed by atoms with Crippen molar-refractivity contribution < 1.29 is 5.11 Å². The number of hydrogen-bond donors (Lipinski definition) is 2. The second-order valence-electron chi connectivity index (χ2n) is 6.34. The molecule has 1 saturated carbocycles. The Morgan fingerprint density at radius 2 is 2.33 bits per heavy atom. The van der Waals surface area contributed by atoms with Gasteiger partial charge in [-0.05, 0) is 36.4 Å². The van der Waals surface area contributed by atoms with E-state index in [1.165, 1.54) is 23.4 Å². The predicted molar refractivity (Wildman–Crippen MR) is 87.5 cm³/mol. The van der Waals surface area contributed by atoms with Gasteiger partial charge in [-0.3, -0.25) is 0 Å². The molecule has 2 unspecified atom stereocenters. The van der Waals surface area contributed by atoms with E-state index in [0.717, 1.165) is 19.5 Å². The Hall–Kier alpha value is -1.10. The number of hydrogen-bond acceptors (Lipinski definition) is 3. The van der Waals surface area contributed by atoms with Gasteiger partial charge in [-0.2, -0.15) is 0 Å². The lowest BCUT2D eigenvalue weighted by molar-refractivity contribution is 0.118. The smallest absolute Gasteiger partial charge is 0.0566 e. The van der Waals surface area contributed by atoms with Crippen LogP contribution < -0.4 is 5.32 Å². The van der Waals surface area contributed by atoms with Crippen LogP contribution in [0, 0.1) is 5.41 Å². The SMILES string of the molecule is CC1(CO)CCCC1NCc1cccn1Cc1cccs1. The van der Waals surface area contributed by atoms with Gasteiger partial charge in [0.2, 0.25) is 0 Å². The van der Waals surface area contributed by atoms with Gasteiger partial charge in [-0.15, -0.1) is 11.3 Å². The van der Waals surface area contributed by atoms with Gasteiger partial charge in [0.25, 0.3) is 0 Å². The van der Waals surface area contributed by atoms with Crippen molar-refractivity contribution >= 4 is 11.3 Å². The molecule has 2 heterocycles. The maximum absolute atomic E-state index is 9.63. The Labute approximate surface area is 130 Å². The van der Waals surface area contributed by atoms with E-state index in [4.69, 9.17) is 0 Å². The monoisotopic (exact) mass is 304 g/mol. The van der Waals surface area contributed by atoms with E-state index >= 15 is 0 Å². The first-order chi connectivity index (χ1) is 10.2. The zero-order chi connectivity index (χ0) is 14.7. The fraction of sp³-hybridized carbons (Fsp3) is 0.529. The number of thiophene rings is 1. The molecule has 0 saturated heterocycles. The number of nitrogens with one attached hydrogen (secondary N) is 1. The molecule has 0 spiro atoms. The van der Waals surface area contributed by atoms with E-state index in [1.54, 1.807) is 11.3 Å². The standard InChI is InChI=1S/C17H24N2OS/c1-17(13-20)8-2-7-16(17)18-11-14-5-3-9-19(14)12-15-6-4-10-21-15/h3-6,9-10,16,18,20H,2,7-8,11-13H2,1H3. The fourth-order valence-corrected chi connectivity index (χ4v) is 4.04. The van der Waals surface area contributed by atoms with Gasteiger partial charge in [-0.1, -0.05) is 19.4 Å². The van der Waals surface area contributed by atoms with Gasteiger partial charge >= 0.3 is 0 Å². The molecule has 0 radical (unpaired) electrons. The topological polar surface area (TPSA) is 37.2 Å². The van der Waals surface area contributed by atoms with Crippen LogP contribution >= 0.6 is 11.3 Å². The second-order valence-corrected chi connectivity index (χ2v) is 7.38. The van der Waals surface area contributed by atoms with Crippen molar-refractivity contribution in [3.63, 3.8) is 0 Å². The minimum atomic E-state index is 0.0468. The third-order valence-corrected chi connectivity index (χ3v) is 5.66. The molecule has 3 nitrogen and oxygen atoms in total. The minimum Gasteiger partial charge on any atom is -0.396 e. The van der Waals surface area contributed by atoms with Crippen molar-refractivity contribution in [2.24, 2.45) is 5.41 Å². The van der Waals surface area contributed by atoms with Crippen LogP contribution in [0.1, 0.15) is 36.8 Å². The van der Waals surface area contributed by atoms with Crippen molar-refractivity contribution in [2.45, 2.75) is 45.3 Å². The molecule has 0 amide bonds. The van der Waals surface area contributed by atoms with Gasteiger partial charge in [0.15, 0.2) is 0 Å². The van der Waals surface area contributed by atoms with Crippen molar-refractivity contribution in [1.82, 2.24) is 9.88 Å². The first-order valence-electron chi connectivity index (χ1n) is 7.72. The maximum atomic E-state index is 9.63. The number of aliphatic hydroxyl groups excluding tert-OH is 1. The van der Waals surface area contributed by atoms with E-state index in [-0.39, 0.29) is 12.0 Å². The quantitative estimate of drug-likeness (QED) is 0.859. The fourth-order valence-electron chi connectivity index (χ4n) is 3.33. The molecule has 2 aromatic heterocycles. The maximum Gasteiger partial charge on any atom is 0.0566 e. The highest BCUT2D eigenvalue weighted by Crippen LogP contribution is 2.37. The molecular weight excluding hydrogens is 280 g/mol. The summed E-state index contributed by atoms with van der Waals surface area (Å²) in [5, 5.41) is 15.4. The van der Waals surface area contributed by atoms with E-state index in [2.05, 4.69) is 52.7 Å². The highest BCUT2D eigenvalue weighted by Gasteiger charge is 2.37. The van der Waals surface area contributed by atoms with Crippen LogP contribution in [0.4, 0.5) is 0 Å². The summed E-state index contributed by atoms with van der Waals surface area (Å²) >= 11 is 1.80. The van der Waals surface area contributed by atoms with Crippen LogP contribution in [0.5, 0.6) is 0 Å². The Balaban J connectivity index is 1.62. The molecule has 1 aliphatic carbocycles. The van der Waals surface area contributed by atoms with Gasteiger partial charge in [0.1, 0.15) is 0 Å². The molecule has 21 heavy (non-hydrogen) atoms. The number of nitrogens with zero attached hydrogens (tertiary/aromatic N) is 1. The molecule has 114 valence electrons. The molecular formula is C17H24N2OS. The highest BCUT2D eigenvalue weighted by molar-refractivity contribution is 7.09. The van der Waals surface area contributed by atoms with Crippen molar-refractivity contribution in [3.05, 3.63) is 46.4 Å². The lowest BCUT2D eigenvalue weighted by Crippen LogP contribution is -2.41. The van der Waals surface area contributed by atoms with E-state index < -0.39 is 0 Å². The van der Waals surface area contributed by atoms with Gasteiger partial charge < -0.3 is 15.0 Å². The number of rotatable bonds is 6. The van der Waals surface area contributed by atoms with Crippen LogP contribution in [0.25, 0.3) is 0 Å². The molecule has 1 fully saturated rings. The van der Waals surface area contributed by atoms with E-state index in [0.29, 0.717) is 6.04 Å². The first-order valence-corrected chi connectivity index (χ1v) is 8.60. The third kappa shape index (κ3) is 3.23. The molecule has 0 bridgehead atoms. The molecule has 3 rings (SSSR count). The Morgan fingerprint density at radius 3 is 3.10 bits per heavy atom. The molecule has 4 heteroatoms. The van der Waals surface area contributed by atoms with Gasteiger partial charge in [-0.25, -0.2) is 0 Å². The highest BCUT2D eigenvalue weighted by atomic mass is 32.1. The van der Waals surface area contributed by atoms with Crippen molar-refractivity contribution in [3.8, 4) is 0 Å². The lowest BCUT2D eigenvalue weighted by atomic mass is 9.86. The summed E-state index contributed by atoms with van der Waals surface area (Å²) < 4.78 is 2.31. The molecule has 2 N–H and O–H groups in total. The van der Waals surface area contributed by atoms with Gasteiger partial charge in [0, 0.05) is 41.4 Å². The summed E-state index contributed by atoms with van der Waals surface area (Å²) in [4.78, 5) is 1.38. The third-order valence-electron chi connectivity index (χ3n) is 4.80. The Kier molecular flexibility index (Phi) is 4.48. The Bertz CT molecular complexity index is 563. The zero-order valence-corrected chi connectivity index (χ0v) is 13.4. The molecule has 0 aliphatic heterocycles. The van der Waals surface area contributed by atoms with Crippen molar-refractivity contribution in [2.75, 3.05) is 6.61 Å². The molecule has 2 aromatic rings. The molecule has 2 atom stereocenters. The predicted octanol–water partition coefficient (Wildman–Crippen LogP) is 3.24. The van der Waals surface area contributed by atoms with Crippen LogP contribution in [0.3, 0.4) is 0 Å². The Morgan fingerprint density at radius 1 is 1.43 bits per heavy atom. The first kappa shape index (κ1) is 14.8. The summed E-state index contributed by atoms with van der Waals surface area (Å²) in [5.41, 5.74) is 1.36. The van der Waals surface area contributed by atoms with Crippen LogP contribution in [-0.4, -0.2) is 22.3 Å². The zero-order valence-electron chi connectivity index (χ0n) is 12.6. The summed E-state index contributed by atoms with van der Waals surface area (Å²) in [6.07, 6.45) is 5.65. The average molecular weight is 304 g/mol. The van der Waals surface area contributed by atoms with Crippen LogP contribution in [-0.2, 0) is 13.1 Å². The van der Waals surface area contributed by atoms with Crippen LogP contribution in [0.2, 0.25) is 0 Å². The minimum absolute atomic E-state index is 0.0468. The van der Waals surface area contributed by atoms with E-state index in [9.17, 15) is 5.11 Å².